The number of allylic oxidation sites excluding steroid dienone is 2. The predicted octanol–water partition coefficient (Wildman–Crippen LogP) is 4.04. The highest BCUT2D eigenvalue weighted by molar-refractivity contribution is 6.00. The Morgan fingerprint density at radius 1 is 1.00 bits per heavy atom. The van der Waals surface area contributed by atoms with Gasteiger partial charge in [0.15, 0.2) is 0 Å². The number of hydrogen-bond donors (Lipinski definition) is 4. The van der Waals surface area contributed by atoms with Gasteiger partial charge in [0, 0.05) is 31.2 Å². The van der Waals surface area contributed by atoms with Crippen molar-refractivity contribution in [2.24, 2.45) is 0 Å². The Bertz CT molecular complexity index is 1490. The number of rotatable bonds is 0. The molecule has 1 aromatic heterocycles. The second-order valence-corrected chi connectivity index (χ2v) is 11.6. The lowest BCUT2D eigenvalue weighted by molar-refractivity contribution is -0.142. The van der Waals surface area contributed by atoms with Crippen molar-refractivity contribution in [3.05, 3.63) is 58.9 Å². The van der Waals surface area contributed by atoms with Crippen molar-refractivity contribution in [2.75, 3.05) is 6.54 Å². The second kappa shape index (κ2) is 14.1. The van der Waals surface area contributed by atoms with E-state index in [-0.39, 0.29) is 18.0 Å². The van der Waals surface area contributed by atoms with Crippen molar-refractivity contribution in [3.8, 4) is 0 Å². The Hall–Kier alpha value is -4.19. The van der Waals surface area contributed by atoms with E-state index in [4.69, 9.17) is 4.98 Å². The Balaban J connectivity index is 1.59. The number of halogens is 2. The molecule has 5 bridgehead atoms. The van der Waals surface area contributed by atoms with Crippen LogP contribution in [0.15, 0.2) is 47.7 Å². The number of carbonyl (C=O) groups is 4. The zero-order valence-electron chi connectivity index (χ0n) is 25.5. The van der Waals surface area contributed by atoms with Crippen molar-refractivity contribution in [1.82, 2.24) is 31.4 Å². The molecule has 4 amide bonds. The minimum atomic E-state index is -3.08. The van der Waals surface area contributed by atoms with Gasteiger partial charge in [-0.1, -0.05) is 30.4 Å². The first-order valence-electron chi connectivity index (χ1n) is 14.9. The van der Waals surface area contributed by atoms with Crippen LogP contribution in [0.4, 0.5) is 8.78 Å². The number of nitrogens with one attached hydrogen (secondary N) is 4. The van der Waals surface area contributed by atoms with E-state index in [9.17, 15) is 28.0 Å². The fraction of sp³-hybridized carbons (Fsp3) is 0.469. The Labute approximate surface area is 255 Å². The van der Waals surface area contributed by atoms with Gasteiger partial charge in [0.1, 0.15) is 17.8 Å². The van der Waals surface area contributed by atoms with Gasteiger partial charge in [-0.15, -0.1) is 0 Å². The highest BCUT2D eigenvalue weighted by atomic mass is 19.3. The highest BCUT2D eigenvalue weighted by Crippen LogP contribution is 2.27. The first-order valence-corrected chi connectivity index (χ1v) is 14.9. The third kappa shape index (κ3) is 8.46. The van der Waals surface area contributed by atoms with Crippen LogP contribution in [0.3, 0.4) is 0 Å². The molecule has 3 atom stereocenters. The summed E-state index contributed by atoms with van der Waals surface area (Å²) in [6.07, 6.45) is 3.01. The van der Waals surface area contributed by atoms with E-state index in [1.54, 1.807) is 26.0 Å². The van der Waals surface area contributed by atoms with Crippen LogP contribution in [0.2, 0.25) is 0 Å². The highest BCUT2D eigenvalue weighted by Gasteiger charge is 2.32. The molecule has 4 rings (SSSR count). The van der Waals surface area contributed by atoms with Crippen LogP contribution in [0.5, 0.6) is 0 Å². The number of alkyl halides is 2. The van der Waals surface area contributed by atoms with Crippen LogP contribution in [0, 0.1) is 0 Å². The van der Waals surface area contributed by atoms with Crippen molar-refractivity contribution in [1.29, 1.82) is 0 Å². The van der Waals surface area contributed by atoms with E-state index in [0.29, 0.717) is 36.2 Å². The van der Waals surface area contributed by atoms with E-state index >= 15 is 0 Å². The fourth-order valence-corrected chi connectivity index (χ4v) is 5.13. The molecule has 0 aliphatic carbocycles. The summed E-state index contributed by atoms with van der Waals surface area (Å²) in [5.74, 6) is -5.27. The van der Waals surface area contributed by atoms with Gasteiger partial charge < -0.3 is 16.0 Å². The summed E-state index contributed by atoms with van der Waals surface area (Å²) in [6.45, 7) is 6.85. The zero-order chi connectivity index (χ0) is 32.0. The number of benzene rings is 1. The van der Waals surface area contributed by atoms with Crippen molar-refractivity contribution >= 4 is 40.6 Å². The topological polar surface area (TPSA) is 133 Å². The number of pyridine rings is 1. The van der Waals surface area contributed by atoms with E-state index in [2.05, 4.69) is 21.4 Å². The molecule has 2 aliphatic rings. The summed E-state index contributed by atoms with van der Waals surface area (Å²) in [5, 5.41) is 10.2. The van der Waals surface area contributed by atoms with E-state index in [1.807, 2.05) is 37.3 Å². The third-order valence-corrected chi connectivity index (χ3v) is 7.72. The molecule has 2 aliphatic heterocycles. The zero-order valence-corrected chi connectivity index (χ0v) is 25.5. The molecule has 10 nitrogen and oxygen atoms in total. The number of nitrogens with zero attached hydrogens (tertiary/aromatic N) is 2. The Morgan fingerprint density at radius 2 is 1.75 bits per heavy atom. The fourth-order valence-electron chi connectivity index (χ4n) is 5.13. The average molecular weight is 611 g/mol. The van der Waals surface area contributed by atoms with E-state index in [0.717, 1.165) is 10.9 Å². The molecule has 1 saturated heterocycles. The molecule has 0 spiro atoms. The smallest absolute Gasteiger partial charge is 0.268 e. The van der Waals surface area contributed by atoms with Crippen LogP contribution >= 0.6 is 0 Å². The molecule has 44 heavy (non-hydrogen) atoms. The van der Waals surface area contributed by atoms with Crippen molar-refractivity contribution < 1.29 is 28.0 Å². The summed E-state index contributed by atoms with van der Waals surface area (Å²) in [5.41, 5.74) is 5.47. The van der Waals surface area contributed by atoms with Gasteiger partial charge in [-0.3, -0.25) is 29.2 Å². The van der Waals surface area contributed by atoms with Gasteiger partial charge in [-0.05, 0) is 70.2 Å². The average Bonchev–Trinajstić information content (AvgIpc) is 2.99. The first kappa shape index (κ1) is 32.7. The lowest BCUT2D eigenvalue weighted by Gasteiger charge is -2.35. The summed E-state index contributed by atoms with van der Waals surface area (Å²) < 4.78 is 29.2. The van der Waals surface area contributed by atoms with Gasteiger partial charge >= 0.3 is 0 Å². The van der Waals surface area contributed by atoms with Crippen molar-refractivity contribution in [3.63, 3.8) is 0 Å². The quantitative estimate of drug-likeness (QED) is 0.333. The maximum Gasteiger partial charge on any atom is 0.268 e. The van der Waals surface area contributed by atoms with Crippen molar-refractivity contribution in [2.45, 2.75) is 90.3 Å². The number of hydrogen-bond acceptors (Lipinski definition) is 6. The minimum Gasteiger partial charge on any atom is -0.347 e. The molecule has 1 fully saturated rings. The van der Waals surface area contributed by atoms with Gasteiger partial charge in [0.25, 0.3) is 11.8 Å². The molecular weight excluding hydrogens is 570 g/mol. The number of aromatic nitrogens is 1. The number of carbonyl (C=O) groups excluding carboxylic acids is 4. The first-order chi connectivity index (χ1) is 20.8. The summed E-state index contributed by atoms with van der Waals surface area (Å²) >= 11 is 0. The largest absolute Gasteiger partial charge is 0.347 e. The maximum atomic E-state index is 14.6. The number of hydrazine groups is 1. The summed E-state index contributed by atoms with van der Waals surface area (Å²) in [6, 6.07) is 7.28. The third-order valence-electron chi connectivity index (χ3n) is 7.72. The number of amides is 4. The monoisotopic (exact) mass is 610 g/mol. The molecule has 0 radical (unpaired) electrons. The van der Waals surface area contributed by atoms with Crippen LogP contribution in [-0.4, -0.2) is 58.2 Å². The lowest BCUT2D eigenvalue weighted by atomic mass is 10.1. The Kier molecular flexibility index (Phi) is 10.5. The van der Waals surface area contributed by atoms with Crippen LogP contribution < -0.4 is 21.4 Å². The molecule has 0 saturated carbocycles. The van der Waals surface area contributed by atoms with Gasteiger partial charge in [-0.25, -0.2) is 14.2 Å². The van der Waals surface area contributed by atoms with Crippen LogP contribution in [0.1, 0.15) is 83.5 Å². The predicted molar refractivity (Wildman–Crippen MR) is 163 cm³/mol. The SMILES string of the molecule is CC(C)=C1NC(=O)CCC(F)(F)CC/C=C/c2ccc3ccc(nc3c2)[C@@H](C)NC(=O)[C@@H]2CCCN(N2)C(=O)[C@H](C)NC1=O. The van der Waals surface area contributed by atoms with Gasteiger partial charge in [0.05, 0.1) is 17.3 Å². The molecule has 2 aromatic rings. The number of fused-ring (bicyclic) bond motifs is 4. The Morgan fingerprint density at radius 3 is 2.50 bits per heavy atom. The van der Waals surface area contributed by atoms with Crippen LogP contribution in [0.25, 0.3) is 17.0 Å². The molecule has 12 heteroatoms. The standard InChI is InChI=1S/C32H40F2N6O4/c1-19(2)28-30(43)36-21(4)31(44)40-17-7-9-25(39-40)29(42)35-20(3)24-13-12-23-11-10-22(18-26(23)37-24)8-5-6-15-32(33,34)16-14-27(41)38-28/h5,8,10-13,18,20-21,25,39H,6-7,9,14-17H2,1-4H3,(H,35,42)(H,36,43)(H,38,41)/b8-5+/t20-,21+,25+/m1/s1. The van der Waals surface area contributed by atoms with Gasteiger partial charge in [0.2, 0.25) is 17.7 Å². The normalized spacial score (nSPS) is 25.1. The molecule has 236 valence electrons. The summed E-state index contributed by atoms with van der Waals surface area (Å²) in [4.78, 5) is 56.7. The molecule has 0 unspecified atom stereocenters. The molecular formula is C32H40F2N6O4. The molecule has 1 aromatic carbocycles. The van der Waals surface area contributed by atoms with E-state index in [1.165, 1.54) is 11.9 Å². The maximum absolute atomic E-state index is 14.6. The van der Waals surface area contributed by atoms with Gasteiger partial charge in [-0.2, -0.15) is 0 Å². The lowest BCUT2D eigenvalue weighted by Crippen LogP contribution is -2.61. The van der Waals surface area contributed by atoms with E-state index < -0.39 is 61.0 Å². The molecule has 3 heterocycles. The summed E-state index contributed by atoms with van der Waals surface area (Å²) in [7, 11) is 0. The minimum absolute atomic E-state index is 0.0986. The van der Waals surface area contributed by atoms with Crippen LogP contribution in [-0.2, 0) is 19.2 Å². The second-order valence-electron chi connectivity index (χ2n) is 11.6. The molecule has 4 N–H and O–H groups in total.